The molecule has 12 heteroatoms. The van der Waals surface area contributed by atoms with E-state index in [4.69, 9.17) is 23.3 Å². The standard InChI is InChI=1S/C38H48N6O6/c1-11-28-29(50-37(46)49-28)20-48-36(45)33-34(38(12-2,13-3)47-10)39-30(17-21(4)5)44(33)25(9)31-23(7)18-26(19-24(31)8)32-22(6)15-14-16-27(32)35-40-42-43-41-35/h14-16,18-19,21,25H,11-13,17,20H2,1-10H3,(H,40,41,42,43)/i18D,19D. The largest absolute Gasteiger partial charge is 0.519 e. The van der Waals surface area contributed by atoms with Crippen molar-refractivity contribution >= 4 is 5.97 Å². The number of tetrazole rings is 1. The van der Waals surface area contributed by atoms with Gasteiger partial charge in [0.15, 0.2) is 23.8 Å². The van der Waals surface area contributed by atoms with Gasteiger partial charge in [0.2, 0.25) is 5.82 Å². The first-order valence-electron chi connectivity index (χ1n) is 18.1. The topological polar surface area (TPSA) is 151 Å². The number of H-pyrrole nitrogens is 1. The van der Waals surface area contributed by atoms with Crippen molar-refractivity contribution in [2.24, 2.45) is 5.92 Å². The highest BCUT2D eigenvalue weighted by Crippen LogP contribution is 2.40. The second kappa shape index (κ2) is 15.0. The van der Waals surface area contributed by atoms with Gasteiger partial charge in [-0.05, 0) is 85.0 Å². The Bertz CT molecular complexity index is 2090. The van der Waals surface area contributed by atoms with Crippen molar-refractivity contribution in [3.63, 3.8) is 0 Å². The van der Waals surface area contributed by atoms with Gasteiger partial charge in [0, 0.05) is 25.5 Å². The molecule has 0 saturated heterocycles. The summed E-state index contributed by atoms with van der Waals surface area (Å²) < 4.78 is 43.3. The average Bonchev–Trinajstić information content (AvgIpc) is 3.87. The molecule has 1 unspecified atom stereocenters. The molecule has 0 aliphatic rings. The minimum Gasteiger partial charge on any atom is -0.453 e. The number of hydrogen-bond acceptors (Lipinski definition) is 10. The lowest BCUT2D eigenvalue weighted by atomic mass is 9.88. The van der Waals surface area contributed by atoms with Crippen LogP contribution in [0.1, 0.15) is 119 Å². The van der Waals surface area contributed by atoms with Crippen molar-refractivity contribution in [1.29, 1.82) is 0 Å². The predicted molar refractivity (Wildman–Crippen MR) is 189 cm³/mol. The summed E-state index contributed by atoms with van der Waals surface area (Å²) in [5.41, 5.74) is 4.45. The number of aromatic nitrogens is 6. The first-order chi connectivity index (χ1) is 24.7. The summed E-state index contributed by atoms with van der Waals surface area (Å²) in [6.07, 6.45) is 1.98. The van der Waals surface area contributed by atoms with Crippen LogP contribution in [0.5, 0.6) is 0 Å². The smallest absolute Gasteiger partial charge is 0.453 e. The van der Waals surface area contributed by atoms with Crippen LogP contribution in [-0.2, 0) is 34.5 Å². The van der Waals surface area contributed by atoms with Crippen LogP contribution >= 0.6 is 0 Å². The number of methoxy groups -OCH3 is 1. The van der Waals surface area contributed by atoms with E-state index in [9.17, 15) is 12.3 Å². The quantitative estimate of drug-likeness (QED) is 0.116. The number of carbonyl (C=O) groups excluding carboxylic acids is 1. The van der Waals surface area contributed by atoms with Gasteiger partial charge in [0.1, 0.15) is 17.1 Å². The Balaban J connectivity index is 1.75. The molecule has 266 valence electrons. The van der Waals surface area contributed by atoms with Crippen molar-refractivity contribution < 1.29 is 25.8 Å². The Morgan fingerprint density at radius 2 is 1.72 bits per heavy atom. The average molecular weight is 687 g/mol. The highest BCUT2D eigenvalue weighted by molar-refractivity contribution is 5.90. The fourth-order valence-electron chi connectivity index (χ4n) is 6.97. The molecule has 0 bridgehead atoms. The second-order valence-electron chi connectivity index (χ2n) is 13.0. The molecule has 0 radical (unpaired) electrons. The minimum absolute atomic E-state index is 0.143. The third kappa shape index (κ3) is 6.81. The Labute approximate surface area is 295 Å². The molecular weight excluding hydrogens is 636 g/mol. The molecule has 3 heterocycles. The molecule has 5 rings (SSSR count). The fourth-order valence-corrected chi connectivity index (χ4v) is 6.97. The number of nitrogens with one attached hydrogen (secondary N) is 1. The van der Waals surface area contributed by atoms with E-state index in [1.54, 1.807) is 7.11 Å². The van der Waals surface area contributed by atoms with Gasteiger partial charge in [0.25, 0.3) is 0 Å². The number of carbonyl (C=O) groups is 1. The van der Waals surface area contributed by atoms with E-state index in [-0.39, 0.29) is 36.1 Å². The first kappa shape index (κ1) is 33.6. The van der Waals surface area contributed by atoms with Gasteiger partial charge in [0.05, 0.1) is 8.78 Å². The highest BCUT2D eigenvalue weighted by Gasteiger charge is 2.40. The number of hydrogen-bond donors (Lipinski definition) is 1. The maximum absolute atomic E-state index is 14.4. The van der Waals surface area contributed by atoms with E-state index in [0.29, 0.717) is 76.6 Å². The number of ether oxygens (including phenoxy) is 2. The van der Waals surface area contributed by atoms with Crippen LogP contribution in [0, 0.1) is 26.7 Å². The van der Waals surface area contributed by atoms with E-state index in [0.717, 1.165) is 11.1 Å². The first-order valence-corrected chi connectivity index (χ1v) is 17.1. The van der Waals surface area contributed by atoms with Crippen LogP contribution in [-0.4, -0.2) is 43.3 Å². The number of nitrogens with zero attached hydrogens (tertiary/aromatic N) is 5. The lowest BCUT2D eigenvalue weighted by molar-refractivity contribution is -0.0265. The molecule has 0 fully saturated rings. The van der Waals surface area contributed by atoms with Crippen molar-refractivity contribution in [2.75, 3.05) is 7.11 Å². The number of esters is 1. The molecule has 0 aliphatic carbocycles. The van der Waals surface area contributed by atoms with E-state index in [1.807, 2.05) is 71.2 Å². The molecule has 3 aromatic heterocycles. The summed E-state index contributed by atoms with van der Waals surface area (Å²) in [5, 5.41) is 14.6. The van der Waals surface area contributed by atoms with Gasteiger partial charge < -0.3 is 22.9 Å². The minimum atomic E-state index is -0.909. The molecule has 0 spiro atoms. The van der Waals surface area contributed by atoms with Crippen LogP contribution in [0.25, 0.3) is 22.5 Å². The van der Waals surface area contributed by atoms with Crippen LogP contribution in [0.2, 0.25) is 0 Å². The van der Waals surface area contributed by atoms with Crippen LogP contribution in [0.4, 0.5) is 0 Å². The predicted octanol–water partition coefficient (Wildman–Crippen LogP) is 7.59. The zero-order chi connectivity index (χ0) is 38.1. The molecule has 2 aromatic carbocycles. The van der Waals surface area contributed by atoms with E-state index in [1.165, 1.54) is 0 Å². The third-order valence-electron chi connectivity index (χ3n) is 9.46. The summed E-state index contributed by atoms with van der Waals surface area (Å²) in [7, 11) is 1.61. The number of rotatable bonds is 14. The second-order valence-corrected chi connectivity index (χ2v) is 13.0. The molecule has 0 amide bonds. The van der Waals surface area contributed by atoms with Crippen LogP contribution < -0.4 is 5.82 Å². The Morgan fingerprint density at radius 3 is 2.30 bits per heavy atom. The SMILES string of the molecule is [2H]c1c(C)c(C(C)n2c(CC(C)C)nc(C(CC)(CC)OC)c2C(=O)OCc2oc(=O)oc2CC)c(C)c([2H])c1-c1c(C)cccc1-c1nn[nH]n1. The van der Waals surface area contributed by atoms with Gasteiger partial charge in [-0.3, -0.25) is 0 Å². The molecule has 0 saturated carbocycles. The Kier molecular flexibility index (Phi) is 10.1. The number of imidazole rings is 1. The lowest BCUT2D eigenvalue weighted by Gasteiger charge is -2.30. The van der Waals surface area contributed by atoms with E-state index >= 15 is 0 Å². The summed E-state index contributed by atoms with van der Waals surface area (Å²) in [6.45, 7) is 17.3. The maximum Gasteiger partial charge on any atom is 0.519 e. The molecule has 50 heavy (non-hydrogen) atoms. The van der Waals surface area contributed by atoms with E-state index in [2.05, 4.69) is 34.5 Å². The third-order valence-corrected chi connectivity index (χ3v) is 9.46. The number of benzene rings is 2. The zero-order valence-electron chi connectivity index (χ0n) is 32.6. The number of aryl methyl sites for hydroxylation is 2. The normalized spacial score (nSPS) is 13.1. The van der Waals surface area contributed by atoms with Crippen molar-refractivity contribution in [3.8, 4) is 22.5 Å². The van der Waals surface area contributed by atoms with Crippen molar-refractivity contribution in [2.45, 2.75) is 106 Å². The Hall–Kier alpha value is -4.84. The highest BCUT2D eigenvalue weighted by atomic mass is 16.6. The van der Waals surface area contributed by atoms with Crippen LogP contribution in [0.15, 0.2) is 43.9 Å². The summed E-state index contributed by atoms with van der Waals surface area (Å²) in [4.78, 5) is 31.5. The number of aromatic amines is 1. The Morgan fingerprint density at radius 1 is 1.04 bits per heavy atom. The zero-order valence-corrected chi connectivity index (χ0v) is 30.6. The van der Waals surface area contributed by atoms with Crippen molar-refractivity contribution in [3.05, 3.63) is 91.9 Å². The van der Waals surface area contributed by atoms with Crippen molar-refractivity contribution in [1.82, 2.24) is 30.2 Å². The fraction of sp³-hybridized carbons (Fsp3) is 0.474. The molecular formula is C38H48N6O6. The molecule has 0 aliphatic heterocycles. The van der Waals surface area contributed by atoms with Gasteiger partial charge in [-0.15, -0.1) is 10.2 Å². The molecule has 12 nitrogen and oxygen atoms in total. The van der Waals surface area contributed by atoms with Gasteiger partial charge in [-0.2, -0.15) is 5.21 Å². The molecule has 1 atom stereocenters. The van der Waals surface area contributed by atoms with Gasteiger partial charge >= 0.3 is 11.8 Å². The van der Waals surface area contributed by atoms with E-state index < -0.39 is 23.4 Å². The molecule has 1 N–H and O–H groups in total. The van der Waals surface area contributed by atoms with Crippen LogP contribution in [0.3, 0.4) is 0 Å². The maximum atomic E-state index is 14.4. The lowest BCUT2D eigenvalue weighted by Crippen LogP contribution is -2.31. The summed E-state index contributed by atoms with van der Waals surface area (Å²) in [5.74, 6) is 0.103. The van der Waals surface area contributed by atoms with Gasteiger partial charge in [-0.1, -0.05) is 64.9 Å². The summed E-state index contributed by atoms with van der Waals surface area (Å²) in [6, 6.07) is 5.48. The summed E-state index contributed by atoms with van der Waals surface area (Å²) >= 11 is 0. The molecule has 5 aromatic rings. The monoisotopic (exact) mass is 686 g/mol. The van der Waals surface area contributed by atoms with Gasteiger partial charge in [-0.25, -0.2) is 14.6 Å².